The van der Waals surface area contributed by atoms with E-state index in [1.807, 2.05) is 16.5 Å². The topological polar surface area (TPSA) is 75.4 Å². The predicted octanol–water partition coefficient (Wildman–Crippen LogP) is 2.32. The van der Waals surface area contributed by atoms with E-state index in [-0.39, 0.29) is 17.5 Å². The first-order valence-corrected chi connectivity index (χ1v) is 10.5. The highest BCUT2D eigenvalue weighted by molar-refractivity contribution is 7.91. The minimum absolute atomic E-state index is 0.0833. The molecule has 0 radical (unpaired) electrons. The minimum atomic E-state index is -3.36. The Morgan fingerprint density at radius 1 is 1.33 bits per heavy atom. The van der Waals surface area contributed by atoms with E-state index in [0.717, 1.165) is 25.0 Å². The molecule has 0 aliphatic rings. The predicted molar refractivity (Wildman–Crippen MR) is 96.7 cm³/mol. The fourth-order valence-electron chi connectivity index (χ4n) is 2.62. The lowest BCUT2D eigenvalue weighted by atomic mass is 10.1. The fraction of sp³-hybridized carbons (Fsp3) is 0.824. The number of imidazole rings is 1. The molecule has 0 amide bonds. The van der Waals surface area contributed by atoms with Crippen LogP contribution in [0.4, 0.5) is 0 Å². The third kappa shape index (κ3) is 6.53. The monoisotopic (exact) mass is 359 g/mol. The van der Waals surface area contributed by atoms with E-state index < -0.39 is 9.84 Å². The lowest BCUT2D eigenvalue weighted by molar-refractivity contribution is 0.214. The number of rotatable bonds is 12. The van der Waals surface area contributed by atoms with E-state index in [1.54, 1.807) is 6.20 Å². The van der Waals surface area contributed by atoms with Crippen LogP contribution in [0.2, 0.25) is 0 Å². The Bertz CT molecular complexity index is 582. The smallest absolute Gasteiger partial charge is 0.227 e. The van der Waals surface area contributed by atoms with Crippen molar-refractivity contribution in [3.63, 3.8) is 0 Å². The van der Waals surface area contributed by atoms with E-state index >= 15 is 0 Å². The van der Waals surface area contributed by atoms with Gasteiger partial charge in [-0.05, 0) is 32.2 Å². The molecular weight excluding hydrogens is 326 g/mol. The highest BCUT2D eigenvalue weighted by Crippen LogP contribution is 2.18. The first-order chi connectivity index (χ1) is 11.3. The molecule has 0 saturated carbocycles. The number of likely N-dealkylation sites (N-methyl/N-ethyl adjacent to an activating group) is 1. The highest BCUT2D eigenvalue weighted by atomic mass is 32.2. The largest absolute Gasteiger partial charge is 0.395 e. The van der Waals surface area contributed by atoms with Crippen molar-refractivity contribution < 1.29 is 13.5 Å². The van der Waals surface area contributed by atoms with Crippen molar-refractivity contribution in [2.24, 2.45) is 5.92 Å². The average molecular weight is 360 g/mol. The third-order valence-corrected chi connectivity index (χ3v) is 5.73. The zero-order valence-electron chi connectivity index (χ0n) is 15.5. The molecule has 1 aromatic rings. The normalized spacial score (nSPS) is 12.5. The van der Waals surface area contributed by atoms with Crippen LogP contribution in [0.3, 0.4) is 0 Å². The van der Waals surface area contributed by atoms with E-state index in [4.69, 9.17) is 5.11 Å². The van der Waals surface area contributed by atoms with Gasteiger partial charge in [-0.1, -0.05) is 27.2 Å². The summed E-state index contributed by atoms with van der Waals surface area (Å²) in [7, 11) is -1.45. The average Bonchev–Trinajstić information content (AvgIpc) is 2.88. The summed E-state index contributed by atoms with van der Waals surface area (Å²) in [5, 5.41) is 9.24. The lowest BCUT2D eigenvalue weighted by Crippen LogP contribution is -2.24. The van der Waals surface area contributed by atoms with Crippen LogP contribution in [0.5, 0.6) is 0 Å². The van der Waals surface area contributed by atoms with Gasteiger partial charge in [-0.25, -0.2) is 13.4 Å². The molecule has 7 heteroatoms. The molecule has 0 spiro atoms. The molecule has 0 aliphatic heterocycles. The molecule has 0 bridgehead atoms. The second-order valence-corrected chi connectivity index (χ2v) is 8.86. The Kier molecular flexibility index (Phi) is 8.94. The van der Waals surface area contributed by atoms with Crippen molar-refractivity contribution in [2.75, 3.05) is 26.0 Å². The number of aliphatic hydroxyl groups excluding tert-OH is 1. The van der Waals surface area contributed by atoms with Crippen molar-refractivity contribution in [3.8, 4) is 0 Å². The maximum atomic E-state index is 12.7. The van der Waals surface area contributed by atoms with E-state index in [0.29, 0.717) is 32.0 Å². The number of aromatic nitrogens is 2. The first kappa shape index (κ1) is 21.1. The third-order valence-electron chi connectivity index (χ3n) is 4.02. The summed E-state index contributed by atoms with van der Waals surface area (Å²) in [6, 6.07) is 0. The van der Waals surface area contributed by atoms with Gasteiger partial charge in [0, 0.05) is 19.6 Å². The molecular formula is C17H33N3O3S. The van der Waals surface area contributed by atoms with Gasteiger partial charge in [0.1, 0.15) is 0 Å². The molecule has 0 atom stereocenters. The maximum absolute atomic E-state index is 12.7. The van der Waals surface area contributed by atoms with Gasteiger partial charge in [0.05, 0.1) is 24.3 Å². The summed E-state index contributed by atoms with van der Waals surface area (Å²) in [5.74, 6) is 0.656. The second kappa shape index (κ2) is 10.2. The summed E-state index contributed by atoms with van der Waals surface area (Å²) in [4.78, 5) is 6.20. The van der Waals surface area contributed by atoms with Gasteiger partial charge in [0.15, 0.2) is 0 Å². The standard InChI is InChI=1S/C17H33N3O3S/c1-5-6-9-20-16(14-19(4)10-11-21)13-18-17(20)24(22,23)12-7-8-15(2)3/h13,15,21H,5-12,14H2,1-4H3. The van der Waals surface area contributed by atoms with Crippen molar-refractivity contribution in [1.82, 2.24) is 14.5 Å². The van der Waals surface area contributed by atoms with Gasteiger partial charge in [-0.15, -0.1) is 0 Å². The van der Waals surface area contributed by atoms with Crippen LogP contribution in [0.15, 0.2) is 11.4 Å². The highest BCUT2D eigenvalue weighted by Gasteiger charge is 2.23. The number of sulfone groups is 1. The lowest BCUT2D eigenvalue weighted by Gasteiger charge is -2.17. The maximum Gasteiger partial charge on any atom is 0.227 e. The molecule has 6 nitrogen and oxygen atoms in total. The Morgan fingerprint density at radius 2 is 2.04 bits per heavy atom. The van der Waals surface area contributed by atoms with Gasteiger partial charge >= 0.3 is 0 Å². The van der Waals surface area contributed by atoms with E-state index in [2.05, 4.69) is 25.8 Å². The van der Waals surface area contributed by atoms with Gasteiger partial charge in [-0.2, -0.15) is 0 Å². The molecule has 1 rings (SSSR count). The van der Waals surface area contributed by atoms with Gasteiger partial charge in [-0.3, -0.25) is 4.90 Å². The molecule has 140 valence electrons. The van der Waals surface area contributed by atoms with Gasteiger partial charge < -0.3 is 9.67 Å². The molecule has 0 saturated heterocycles. The second-order valence-electron chi connectivity index (χ2n) is 6.85. The molecule has 0 aliphatic carbocycles. The number of aliphatic hydroxyl groups is 1. The number of hydrogen-bond acceptors (Lipinski definition) is 5. The van der Waals surface area contributed by atoms with E-state index in [9.17, 15) is 8.42 Å². The fourth-order valence-corrected chi connectivity index (χ4v) is 4.11. The van der Waals surface area contributed by atoms with Crippen molar-refractivity contribution in [1.29, 1.82) is 0 Å². The molecule has 1 N–H and O–H groups in total. The van der Waals surface area contributed by atoms with Crippen LogP contribution in [0.1, 0.15) is 52.1 Å². The SMILES string of the molecule is CCCCn1c(CN(C)CCO)cnc1S(=O)(=O)CCCC(C)C. The van der Waals surface area contributed by atoms with E-state index in [1.165, 1.54) is 0 Å². The van der Waals surface area contributed by atoms with Crippen molar-refractivity contribution >= 4 is 9.84 Å². The molecule has 1 aromatic heterocycles. The number of nitrogens with zero attached hydrogens (tertiary/aromatic N) is 3. The molecule has 0 aromatic carbocycles. The summed E-state index contributed by atoms with van der Waals surface area (Å²) in [5.41, 5.74) is 0.891. The summed E-state index contributed by atoms with van der Waals surface area (Å²) in [6.07, 6.45) is 5.15. The van der Waals surface area contributed by atoms with Crippen LogP contribution in [-0.2, 0) is 22.9 Å². The number of hydrogen-bond donors (Lipinski definition) is 1. The van der Waals surface area contributed by atoms with Crippen LogP contribution in [-0.4, -0.2) is 53.9 Å². The van der Waals surface area contributed by atoms with Crippen molar-refractivity contribution in [2.45, 2.75) is 64.7 Å². The molecule has 1 heterocycles. The Hall–Kier alpha value is -0.920. The summed E-state index contributed by atoms with van der Waals surface area (Å²) >= 11 is 0. The van der Waals surface area contributed by atoms with Crippen LogP contribution in [0, 0.1) is 5.92 Å². The first-order valence-electron chi connectivity index (χ1n) is 8.88. The van der Waals surface area contributed by atoms with Gasteiger partial charge in [0.25, 0.3) is 0 Å². The molecule has 0 unspecified atom stereocenters. The number of unbranched alkanes of at least 4 members (excludes halogenated alkanes) is 1. The van der Waals surface area contributed by atoms with Crippen LogP contribution >= 0.6 is 0 Å². The Balaban J connectivity index is 2.97. The van der Waals surface area contributed by atoms with Crippen LogP contribution < -0.4 is 0 Å². The summed E-state index contributed by atoms with van der Waals surface area (Å²) < 4.78 is 27.2. The van der Waals surface area contributed by atoms with Crippen LogP contribution in [0.25, 0.3) is 0 Å². The molecule has 0 fully saturated rings. The Morgan fingerprint density at radius 3 is 2.62 bits per heavy atom. The summed E-state index contributed by atoms with van der Waals surface area (Å²) in [6.45, 7) is 8.17. The quantitative estimate of drug-likeness (QED) is 0.620. The zero-order chi connectivity index (χ0) is 18.2. The Labute approximate surface area is 146 Å². The van der Waals surface area contributed by atoms with Gasteiger partial charge in [0.2, 0.25) is 15.0 Å². The minimum Gasteiger partial charge on any atom is -0.395 e. The zero-order valence-corrected chi connectivity index (χ0v) is 16.3. The van der Waals surface area contributed by atoms with Crippen molar-refractivity contribution in [3.05, 3.63) is 11.9 Å². The molecule has 24 heavy (non-hydrogen) atoms.